The minimum Gasteiger partial charge on any atom is -0.545 e. The molecule has 138 valence electrons. The van der Waals surface area contributed by atoms with Crippen molar-refractivity contribution in [2.24, 2.45) is 0 Å². The molecular weight excluding hydrogens is 390 g/mol. The first-order valence-electron chi connectivity index (χ1n) is 8.67. The molecule has 3 nitrogen and oxygen atoms in total. The molecule has 0 bridgehead atoms. The number of hydrogen-bond donors (Lipinski definition) is 0. The molecule has 0 aliphatic rings. The minimum atomic E-state index is -1.22. The van der Waals surface area contributed by atoms with Gasteiger partial charge in [-0.15, -0.1) is 0 Å². The molecule has 0 atom stereocenters. The van der Waals surface area contributed by atoms with Gasteiger partial charge in [0.25, 0.3) is 0 Å². The van der Waals surface area contributed by atoms with Crippen LogP contribution in [-0.4, -0.2) is 11.0 Å². The van der Waals surface area contributed by atoms with Crippen molar-refractivity contribution in [2.45, 2.75) is 16.7 Å². The summed E-state index contributed by atoms with van der Waals surface area (Å²) in [4.78, 5) is 18.4. The van der Waals surface area contributed by atoms with Crippen LogP contribution in [0.25, 0.3) is 22.2 Å². The van der Waals surface area contributed by atoms with Crippen LogP contribution in [0.3, 0.4) is 0 Å². The molecule has 0 N–H and O–H groups in total. The van der Waals surface area contributed by atoms with Gasteiger partial charge in [-0.05, 0) is 37.3 Å². The maximum absolute atomic E-state index is 12.1. The molecule has 0 amide bonds. The van der Waals surface area contributed by atoms with E-state index >= 15 is 0 Å². The topological polar surface area (TPSA) is 53.0 Å². The van der Waals surface area contributed by atoms with Gasteiger partial charge in [0, 0.05) is 31.3 Å². The molecule has 0 fully saturated rings. The second-order valence-electron chi connectivity index (χ2n) is 6.39. The average molecular weight is 405 g/mol. The van der Waals surface area contributed by atoms with Gasteiger partial charge in [0.2, 0.25) is 0 Å². The zero-order valence-corrected chi connectivity index (χ0v) is 16.6. The molecule has 0 aliphatic carbocycles. The molecule has 0 spiro atoms. The first-order chi connectivity index (χ1) is 13.5. The van der Waals surface area contributed by atoms with Gasteiger partial charge in [-0.2, -0.15) is 0 Å². The standard InChI is InChI=1S/C23H16ClNO2S/c1-14-6-12-17(13-7-14)28-22-20(23(26)27)18-4-2-3-5-19(18)25-21(22)15-8-10-16(24)11-9-15/h2-13H,1H3,(H,26,27)/p-1. The molecule has 0 aliphatic heterocycles. The quantitative estimate of drug-likeness (QED) is 0.458. The molecule has 1 heterocycles. The Hall–Kier alpha value is -2.82. The lowest BCUT2D eigenvalue weighted by Crippen LogP contribution is -2.24. The number of carbonyl (C=O) groups excluding carboxylic acids is 1. The smallest absolute Gasteiger partial charge is 0.0855 e. The highest BCUT2D eigenvalue weighted by Crippen LogP contribution is 2.40. The molecule has 5 heteroatoms. The molecule has 0 radical (unpaired) electrons. The number of aromatic carboxylic acids is 1. The molecule has 0 unspecified atom stereocenters. The predicted octanol–water partition coefficient (Wildman–Crippen LogP) is 5.38. The fourth-order valence-corrected chi connectivity index (χ4v) is 4.21. The number of rotatable bonds is 4. The van der Waals surface area contributed by atoms with Crippen molar-refractivity contribution in [2.75, 3.05) is 0 Å². The number of aromatic nitrogens is 1. The summed E-state index contributed by atoms with van der Waals surface area (Å²) >= 11 is 7.41. The maximum atomic E-state index is 12.1. The molecule has 4 rings (SSSR count). The van der Waals surface area contributed by atoms with Crippen LogP contribution in [0.4, 0.5) is 0 Å². The number of pyridine rings is 1. The second kappa shape index (κ2) is 7.66. The van der Waals surface area contributed by atoms with Crippen molar-refractivity contribution < 1.29 is 9.90 Å². The summed E-state index contributed by atoms with van der Waals surface area (Å²) in [6.45, 7) is 2.01. The highest BCUT2D eigenvalue weighted by molar-refractivity contribution is 7.99. The van der Waals surface area contributed by atoms with E-state index in [-0.39, 0.29) is 5.56 Å². The SMILES string of the molecule is Cc1ccc(Sc2c(-c3ccc(Cl)cc3)nc3ccccc3c2C(=O)[O-])cc1. The lowest BCUT2D eigenvalue weighted by atomic mass is 10.0. The number of nitrogens with zero attached hydrogens (tertiary/aromatic N) is 1. The van der Waals surface area contributed by atoms with Gasteiger partial charge in [-0.1, -0.05) is 71.4 Å². The van der Waals surface area contributed by atoms with E-state index in [1.807, 2.05) is 55.5 Å². The van der Waals surface area contributed by atoms with Gasteiger partial charge >= 0.3 is 0 Å². The number of carboxylic acid groups (broad SMARTS) is 1. The summed E-state index contributed by atoms with van der Waals surface area (Å²) in [5.74, 6) is -1.22. The van der Waals surface area contributed by atoms with Crippen molar-refractivity contribution in [3.05, 3.63) is 88.9 Å². The highest BCUT2D eigenvalue weighted by atomic mass is 35.5. The third-order valence-electron chi connectivity index (χ3n) is 4.41. The Morgan fingerprint density at radius 2 is 1.64 bits per heavy atom. The lowest BCUT2D eigenvalue weighted by molar-refractivity contribution is -0.255. The molecular formula is C23H15ClNO2S-. The maximum Gasteiger partial charge on any atom is 0.0855 e. The molecule has 3 aromatic carbocycles. The Kier molecular flexibility index (Phi) is 5.07. The Labute approximate surface area is 172 Å². The van der Waals surface area contributed by atoms with Crippen molar-refractivity contribution in [1.82, 2.24) is 4.98 Å². The molecule has 1 aromatic heterocycles. The van der Waals surface area contributed by atoms with Gasteiger partial charge in [-0.3, -0.25) is 0 Å². The zero-order chi connectivity index (χ0) is 19.7. The fraction of sp³-hybridized carbons (Fsp3) is 0.0435. The third kappa shape index (κ3) is 3.61. The van der Waals surface area contributed by atoms with E-state index < -0.39 is 5.97 Å². The fourth-order valence-electron chi connectivity index (χ4n) is 3.02. The van der Waals surface area contributed by atoms with Crippen LogP contribution >= 0.6 is 23.4 Å². The third-order valence-corrected chi connectivity index (χ3v) is 5.77. The molecule has 4 aromatic rings. The molecule has 0 saturated carbocycles. The second-order valence-corrected chi connectivity index (χ2v) is 7.91. The van der Waals surface area contributed by atoms with Crippen LogP contribution < -0.4 is 5.11 Å². The number of carboxylic acids is 1. The van der Waals surface area contributed by atoms with E-state index in [2.05, 4.69) is 0 Å². The van der Waals surface area contributed by atoms with Crippen molar-refractivity contribution in [1.29, 1.82) is 0 Å². The first-order valence-corrected chi connectivity index (χ1v) is 9.87. The van der Waals surface area contributed by atoms with Crippen LogP contribution in [-0.2, 0) is 0 Å². The molecule has 28 heavy (non-hydrogen) atoms. The number of benzene rings is 3. The number of aryl methyl sites for hydroxylation is 1. The van der Waals surface area contributed by atoms with Crippen LogP contribution in [0.1, 0.15) is 15.9 Å². The van der Waals surface area contributed by atoms with Gasteiger partial charge in [0.15, 0.2) is 0 Å². The highest BCUT2D eigenvalue weighted by Gasteiger charge is 2.18. The van der Waals surface area contributed by atoms with Crippen molar-refractivity contribution in [3.63, 3.8) is 0 Å². The predicted molar refractivity (Wildman–Crippen MR) is 112 cm³/mol. The first kappa shape index (κ1) is 18.5. The molecule has 0 saturated heterocycles. The zero-order valence-electron chi connectivity index (χ0n) is 15.0. The number of fused-ring (bicyclic) bond motifs is 1. The Balaban J connectivity index is 2.01. The Morgan fingerprint density at radius 1 is 0.964 bits per heavy atom. The number of halogens is 1. The van der Waals surface area contributed by atoms with E-state index in [4.69, 9.17) is 16.6 Å². The summed E-state index contributed by atoms with van der Waals surface area (Å²) in [6, 6.07) is 22.4. The van der Waals surface area contributed by atoms with E-state index in [0.29, 0.717) is 26.5 Å². The van der Waals surface area contributed by atoms with Crippen LogP contribution in [0.2, 0.25) is 5.02 Å². The van der Waals surface area contributed by atoms with Crippen LogP contribution in [0, 0.1) is 6.92 Å². The van der Waals surface area contributed by atoms with Gasteiger partial charge in [0.1, 0.15) is 0 Å². The van der Waals surface area contributed by atoms with Gasteiger partial charge in [0.05, 0.1) is 17.2 Å². The lowest BCUT2D eigenvalue weighted by Gasteiger charge is -2.18. The summed E-state index contributed by atoms with van der Waals surface area (Å²) in [6.07, 6.45) is 0. The van der Waals surface area contributed by atoms with E-state index in [1.165, 1.54) is 11.8 Å². The number of hydrogen-bond acceptors (Lipinski definition) is 4. The summed E-state index contributed by atoms with van der Waals surface area (Å²) in [7, 11) is 0. The number of para-hydroxylation sites is 1. The van der Waals surface area contributed by atoms with Gasteiger partial charge in [-0.25, -0.2) is 4.98 Å². The Morgan fingerprint density at radius 3 is 2.32 bits per heavy atom. The number of carbonyl (C=O) groups is 1. The normalized spacial score (nSPS) is 10.9. The van der Waals surface area contributed by atoms with E-state index in [9.17, 15) is 9.90 Å². The van der Waals surface area contributed by atoms with E-state index in [1.54, 1.807) is 24.3 Å². The summed E-state index contributed by atoms with van der Waals surface area (Å²) in [5.41, 5.74) is 3.30. The monoisotopic (exact) mass is 404 g/mol. The van der Waals surface area contributed by atoms with Gasteiger partial charge < -0.3 is 9.90 Å². The minimum absolute atomic E-state index is 0.154. The summed E-state index contributed by atoms with van der Waals surface area (Å²) < 4.78 is 0. The van der Waals surface area contributed by atoms with Crippen LogP contribution in [0.15, 0.2) is 82.6 Å². The van der Waals surface area contributed by atoms with Crippen molar-refractivity contribution >= 4 is 40.2 Å². The summed E-state index contributed by atoms with van der Waals surface area (Å²) in [5, 5.41) is 13.3. The largest absolute Gasteiger partial charge is 0.545 e. The van der Waals surface area contributed by atoms with Crippen LogP contribution in [0.5, 0.6) is 0 Å². The Bertz CT molecular complexity index is 1170. The van der Waals surface area contributed by atoms with E-state index in [0.717, 1.165) is 16.0 Å². The van der Waals surface area contributed by atoms with Crippen molar-refractivity contribution in [3.8, 4) is 11.3 Å². The average Bonchev–Trinajstić information content (AvgIpc) is 2.69.